The van der Waals surface area contributed by atoms with Gasteiger partial charge in [0, 0.05) is 30.2 Å². The summed E-state index contributed by atoms with van der Waals surface area (Å²) in [6, 6.07) is 14.6. The maximum atomic E-state index is 3.42. The first-order valence-electron chi connectivity index (χ1n) is 5.69. The van der Waals surface area contributed by atoms with E-state index in [2.05, 4.69) is 60.1 Å². The van der Waals surface area contributed by atoms with Gasteiger partial charge in [-0.25, -0.2) is 0 Å². The lowest BCUT2D eigenvalue weighted by Crippen LogP contribution is -2.12. The van der Waals surface area contributed by atoms with Crippen LogP contribution in [0.1, 0.15) is 11.4 Å². The Hall–Kier alpha value is -1.70. The molecule has 0 saturated carbocycles. The van der Waals surface area contributed by atoms with Crippen molar-refractivity contribution in [1.29, 1.82) is 0 Å². The molecule has 84 valence electrons. The number of para-hydroxylation sites is 1. The number of anilines is 1. The van der Waals surface area contributed by atoms with Gasteiger partial charge in [-0.15, -0.1) is 0 Å². The van der Waals surface area contributed by atoms with Crippen LogP contribution >= 0.6 is 0 Å². The average molecular weight is 214 g/mol. The van der Waals surface area contributed by atoms with E-state index in [1.54, 1.807) is 0 Å². The Kier molecular flexibility index (Phi) is 3.30. The second kappa shape index (κ2) is 4.88. The van der Waals surface area contributed by atoms with E-state index in [9.17, 15) is 0 Å². The van der Waals surface area contributed by atoms with E-state index >= 15 is 0 Å². The highest BCUT2D eigenvalue weighted by Crippen LogP contribution is 2.08. The van der Waals surface area contributed by atoms with Gasteiger partial charge in [0.15, 0.2) is 0 Å². The van der Waals surface area contributed by atoms with Crippen molar-refractivity contribution in [3.8, 4) is 0 Å². The molecular weight excluding hydrogens is 196 g/mol. The Labute approximate surface area is 96.9 Å². The average Bonchev–Trinajstić information content (AvgIpc) is 2.62. The van der Waals surface area contributed by atoms with Crippen LogP contribution in [0.4, 0.5) is 5.69 Å². The molecule has 16 heavy (non-hydrogen) atoms. The van der Waals surface area contributed by atoms with Crippen LogP contribution in [0.25, 0.3) is 0 Å². The van der Waals surface area contributed by atoms with Gasteiger partial charge in [-0.1, -0.05) is 18.2 Å². The van der Waals surface area contributed by atoms with Gasteiger partial charge in [0.05, 0.1) is 0 Å². The second-order valence-electron chi connectivity index (χ2n) is 4.06. The molecule has 0 radical (unpaired) electrons. The van der Waals surface area contributed by atoms with Crippen LogP contribution in [0.3, 0.4) is 0 Å². The first kappa shape index (κ1) is 10.8. The Balaban J connectivity index is 1.89. The summed E-state index contributed by atoms with van der Waals surface area (Å²) >= 11 is 0. The molecule has 0 atom stereocenters. The summed E-state index contributed by atoms with van der Waals surface area (Å²) in [4.78, 5) is 0. The third kappa shape index (κ3) is 2.45. The van der Waals surface area contributed by atoms with Crippen LogP contribution < -0.4 is 5.32 Å². The van der Waals surface area contributed by atoms with Crippen LogP contribution in [-0.2, 0) is 6.54 Å². The molecule has 1 heterocycles. The summed E-state index contributed by atoms with van der Waals surface area (Å²) in [6.07, 6.45) is 0. The number of aryl methyl sites for hydroxylation is 2. The van der Waals surface area contributed by atoms with E-state index in [4.69, 9.17) is 0 Å². The van der Waals surface area contributed by atoms with E-state index in [-0.39, 0.29) is 0 Å². The first-order valence-corrected chi connectivity index (χ1v) is 5.69. The van der Waals surface area contributed by atoms with Crippen molar-refractivity contribution in [1.82, 2.24) is 4.57 Å². The number of rotatable bonds is 4. The SMILES string of the molecule is Cc1ccc(C)n1CCNc1ccccc1. The minimum absolute atomic E-state index is 0.959. The predicted molar refractivity (Wildman–Crippen MR) is 68.8 cm³/mol. The van der Waals surface area contributed by atoms with Crippen molar-refractivity contribution in [2.75, 3.05) is 11.9 Å². The van der Waals surface area contributed by atoms with E-state index in [1.807, 2.05) is 6.07 Å². The summed E-state index contributed by atoms with van der Waals surface area (Å²) in [6.45, 7) is 6.27. The van der Waals surface area contributed by atoms with Gasteiger partial charge in [0.2, 0.25) is 0 Å². The van der Waals surface area contributed by atoms with E-state index < -0.39 is 0 Å². The molecule has 0 aliphatic carbocycles. The quantitative estimate of drug-likeness (QED) is 0.827. The number of nitrogens with zero attached hydrogens (tertiary/aromatic N) is 1. The first-order chi connectivity index (χ1) is 7.77. The molecule has 0 bridgehead atoms. The topological polar surface area (TPSA) is 17.0 Å². The third-order valence-corrected chi connectivity index (χ3v) is 2.86. The zero-order valence-electron chi connectivity index (χ0n) is 9.90. The molecule has 0 amide bonds. The van der Waals surface area contributed by atoms with Gasteiger partial charge in [0.25, 0.3) is 0 Å². The summed E-state index contributed by atoms with van der Waals surface area (Å²) in [7, 11) is 0. The standard InChI is InChI=1S/C14H18N2/c1-12-8-9-13(2)16(12)11-10-15-14-6-4-3-5-7-14/h3-9,15H,10-11H2,1-2H3. The van der Waals surface area contributed by atoms with Crippen molar-refractivity contribution < 1.29 is 0 Å². The van der Waals surface area contributed by atoms with Crippen LogP contribution in [-0.4, -0.2) is 11.1 Å². The molecule has 2 rings (SSSR count). The molecule has 2 heteroatoms. The van der Waals surface area contributed by atoms with Crippen LogP contribution in [0, 0.1) is 13.8 Å². The number of benzene rings is 1. The van der Waals surface area contributed by atoms with Gasteiger partial charge in [-0.3, -0.25) is 0 Å². The molecule has 2 nitrogen and oxygen atoms in total. The van der Waals surface area contributed by atoms with Gasteiger partial charge in [0.1, 0.15) is 0 Å². The van der Waals surface area contributed by atoms with Gasteiger partial charge >= 0.3 is 0 Å². The lowest BCUT2D eigenvalue weighted by Gasteiger charge is -2.11. The van der Waals surface area contributed by atoms with Crippen LogP contribution in [0.15, 0.2) is 42.5 Å². The fraction of sp³-hybridized carbons (Fsp3) is 0.286. The summed E-state index contributed by atoms with van der Waals surface area (Å²) < 4.78 is 2.33. The Morgan fingerprint density at radius 1 is 0.938 bits per heavy atom. The molecule has 1 aromatic heterocycles. The van der Waals surface area contributed by atoms with Crippen LogP contribution in [0.2, 0.25) is 0 Å². The zero-order valence-corrected chi connectivity index (χ0v) is 9.90. The maximum absolute atomic E-state index is 3.42. The lowest BCUT2D eigenvalue weighted by molar-refractivity contribution is 0.691. The van der Waals surface area contributed by atoms with Crippen molar-refractivity contribution in [3.05, 3.63) is 53.9 Å². The smallest absolute Gasteiger partial charge is 0.0398 e. The number of aromatic nitrogens is 1. The highest BCUT2D eigenvalue weighted by atomic mass is 15.0. The minimum atomic E-state index is 0.959. The fourth-order valence-corrected chi connectivity index (χ4v) is 1.92. The fourth-order valence-electron chi connectivity index (χ4n) is 1.92. The molecule has 0 spiro atoms. The number of hydrogen-bond acceptors (Lipinski definition) is 1. The van der Waals surface area contributed by atoms with E-state index in [0.717, 1.165) is 13.1 Å². The highest BCUT2D eigenvalue weighted by Gasteiger charge is 1.99. The molecule has 0 fully saturated rings. The maximum Gasteiger partial charge on any atom is 0.0398 e. The van der Waals surface area contributed by atoms with Gasteiger partial charge in [-0.05, 0) is 38.1 Å². The molecule has 0 saturated heterocycles. The Bertz CT molecular complexity index is 424. The summed E-state index contributed by atoms with van der Waals surface area (Å²) in [5, 5.41) is 3.42. The predicted octanol–water partition coefficient (Wildman–Crippen LogP) is 3.22. The second-order valence-corrected chi connectivity index (χ2v) is 4.06. The molecule has 2 aromatic rings. The number of hydrogen-bond donors (Lipinski definition) is 1. The summed E-state index contributed by atoms with van der Waals surface area (Å²) in [5.74, 6) is 0. The van der Waals surface area contributed by atoms with Gasteiger partial charge < -0.3 is 9.88 Å². The zero-order chi connectivity index (χ0) is 11.4. The number of nitrogens with one attached hydrogen (secondary N) is 1. The van der Waals surface area contributed by atoms with E-state index in [0.29, 0.717) is 0 Å². The van der Waals surface area contributed by atoms with Crippen molar-refractivity contribution in [2.24, 2.45) is 0 Å². The lowest BCUT2D eigenvalue weighted by atomic mass is 10.3. The van der Waals surface area contributed by atoms with Crippen LogP contribution in [0.5, 0.6) is 0 Å². The normalized spacial score (nSPS) is 10.4. The monoisotopic (exact) mass is 214 g/mol. The van der Waals surface area contributed by atoms with Crippen molar-refractivity contribution in [2.45, 2.75) is 20.4 Å². The molecule has 1 aromatic carbocycles. The van der Waals surface area contributed by atoms with E-state index in [1.165, 1.54) is 17.1 Å². The molecular formula is C14H18N2. The molecule has 1 N–H and O–H groups in total. The Morgan fingerprint density at radius 3 is 2.19 bits per heavy atom. The summed E-state index contributed by atoms with van der Waals surface area (Å²) in [5.41, 5.74) is 3.84. The minimum Gasteiger partial charge on any atom is -0.383 e. The highest BCUT2D eigenvalue weighted by molar-refractivity contribution is 5.42. The largest absolute Gasteiger partial charge is 0.383 e. The molecule has 0 aliphatic rings. The molecule has 0 unspecified atom stereocenters. The third-order valence-electron chi connectivity index (χ3n) is 2.86. The molecule has 0 aliphatic heterocycles. The Morgan fingerprint density at radius 2 is 1.56 bits per heavy atom. The van der Waals surface area contributed by atoms with Crippen molar-refractivity contribution >= 4 is 5.69 Å². The van der Waals surface area contributed by atoms with Gasteiger partial charge in [-0.2, -0.15) is 0 Å². The van der Waals surface area contributed by atoms with Crippen molar-refractivity contribution in [3.63, 3.8) is 0 Å².